The molecule has 134 valence electrons. The fraction of sp³-hybridized carbons (Fsp3) is 0.632. The standard InChI is InChI=1S/C19H29NO4/c1-3-22-12-13-23-15(2)19(21)20-14-16-8-10-18(11-9-16)24-17-6-4-5-7-17/h8-11,15,17H,3-7,12-14H2,1-2H3,(H,20,21). The summed E-state index contributed by atoms with van der Waals surface area (Å²) in [6, 6.07) is 7.93. The van der Waals surface area contributed by atoms with Crippen LogP contribution in [0.25, 0.3) is 0 Å². The molecular weight excluding hydrogens is 306 g/mol. The third-order valence-corrected chi connectivity index (χ3v) is 4.16. The zero-order valence-electron chi connectivity index (χ0n) is 14.8. The molecule has 1 N–H and O–H groups in total. The highest BCUT2D eigenvalue weighted by Crippen LogP contribution is 2.24. The number of carbonyl (C=O) groups excluding carboxylic acids is 1. The Hall–Kier alpha value is -1.59. The van der Waals surface area contributed by atoms with Gasteiger partial charge in [-0.3, -0.25) is 4.79 Å². The van der Waals surface area contributed by atoms with Crippen LogP contribution in [-0.4, -0.2) is 37.9 Å². The smallest absolute Gasteiger partial charge is 0.249 e. The number of hydrogen-bond donors (Lipinski definition) is 1. The number of nitrogens with one attached hydrogen (secondary N) is 1. The van der Waals surface area contributed by atoms with Crippen LogP contribution in [0.15, 0.2) is 24.3 Å². The summed E-state index contributed by atoms with van der Waals surface area (Å²) in [6.07, 6.45) is 4.72. The van der Waals surface area contributed by atoms with Crippen molar-refractivity contribution in [1.82, 2.24) is 5.32 Å². The summed E-state index contributed by atoms with van der Waals surface area (Å²) in [5.74, 6) is 0.794. The van der Waals surface area contributed by atoms with Crippen molar-refractivity contribution in [3.8, 4) is 5.75 Å². The maximum Gasteiger partial charge on any atom is 0.249 e. The predicted molar refractivity (Wildman–Crippen MR) is 93.1 cm³/mol. The van der Waals surface area contributed by atoms with E-state index in [1.807, 2.05) is 31.2 Å². The number of amides is 1. The Morgan fingerprint density at radius 1 is 1.21 bits per heavy atom. The third-order valence-electron chi connectivity index (χ3n) is 4.16. The SMILES string of the molecule is CCOCCOC(C)C(=O)NCc1ccc(OC2CCCC2)cc1. The second-order valence-electron chi connectivity index (χ2n) is 6.10. The Bertz CT molecular complexity index is 483. The van der Waals surface area contributed by atoms with Crippen molar-refractivity contribution in [1.29, 1.82) is 0 Å². The van der Waals surface area contributed by atoms with Gasteiger partial charge >= 0.3 is 0 Å². The summed E-state index contributed by atoms with van der Waals surface area (Å²) in [4.78, 5) is 12.0. The summed E-state index contributed by atoms with van der Waals surface area (Å²) in [5, 5.41) is 2.89. The Labute approximate surface area is 144 Å². The van der Waals surface area contributed by atoms with Gasteiger partial charge in [0.15, 0.2) is 0 Å². The highest BCUT2D eigenvalue weighted by molar-refractivity contribution is 5.80. The second-order valence-corrected chi connectivity index (χ2v) is 6.10. The van der Waals surface area contributed by atoms with Gasteiger partial charge in [0.25, 0.3) is 0 Å². The predicted octanol–water partition coefficient (Wildman–Crippen LogP) is 3.07. The van der Waals surface area contributed by atoms with E-state index in [0.29, 0.717) is 32.5 Å². The first-order valence-electron chi connectivity index (χ1n) is 8.91. The van der Waals surface area contributed by atoms with Gasteiger partial charge in [-0.2, -0.15) is 0 Å². The molecule has 1 fully saturated rings. The van der Waals surface area contributed by atoms with Gasteiger partial charge in [0, 0.05) is 13.2 Å². The topological polar surface area (TPSA) is 56.8 Å². The molecule has 0 saturated heterocycles. The van der Waals surface area contributed by atoms with Crippen molar-refractivity contribution in [2.24, 2.45) is 0 Å². The average molecular weight is 335 g/mol. The minimum absolute atomic E-state index is 0.113. The minimum Gasteiger partial charge on any atom is -0.490 e. The van der Waals surface area contributed by atoms with Crippen LogP contribution in [-0.2, 0) is 20.8 Å². The van der Waals surface area contributed by atoms with E-state index in [4.69, 9.17) is 14.2 Å². The molecule has 0 bridgehead atoms. The van der Waals surface area contributed by atoms with E-state index >= 15 is 0 Å². The monoisotopic (exact) mass is 335 g/mol. The summed E-state index contributed by atoms with van der Waals surface area (Å²) < 4.78 is 16.6. The summed E-state index contributed by atoms with van der Waals surface area (Å²) >= 11 is 0. The summed E-state index contributed by atoms with van der Waals surface area (Å²) in [7, 11) is 0. The van der Waals surface area contributed by atoms with Gasteiger partial charge in [0.05, 0.1) is 19.3 Å². The molecule has 1 aliphatic carbocycles. The molecule has 0 aromatic heterocycles. The Morgan fingerprint density at radius 2 is 1.92 bits per heavy atom. The lowest BCUT2D eigenvalue weighted by molar-refractivity contribution is -0.132. The van der Waals surface area contributed by atoms with E-state index in [-0.39, 0.29) is 5.91 Å². The van der Waals surface area contributed by atoms with Crippen LogP contribution in [0, 0.1) is 0 Å². The zero-order valence-corrected chi connectivity index (χ0v) is 14.8. The molecule has 1 saturated carbocycles. The molecule has 0 aliphatic heterocycles. The number of hydrogen-bond acceptors (Lipinski definition) is 4. The van der Waals surface area contributed by atoms with Crippen LogP contribution < -0.4 is 10.1 Å². The van der Waals surface area contributed by atoms with Gasteiger partial charge in [-0.25, -0.2) is 0 Å². The Balaban J connectivity index is 1.68. The molecule has 1 aliphatic rings. The normalized spacial score (nSPS) is 16.1. The van der Waals surface area contributed by atoms with Crippen molar-refractivity contribution >= 4 is 5.91 Å². The lowest BCUT2D eigenvalue weighted by Crippen LogP contribution is -2.34. The van der Waals surface area contributed by atoms with Crippen molar-refractivity contribution in [2.75, 3.05) is 19.8 Å². The molecule has 0 spiro atoms. The average Bonchev–Trinajstić information content (AvgIpc) is 3.10. The molecule has 1 aromatic carbocycles. The van der Waals surface area contributed by atoms with Crippen LogP contribution in [0.5, 0.6) is 5.75 Å². The zero-order chi connectivity index (χ0) is 17.2. The first kappa shape index (κ1) is 18.7. The molecule has 1 unspecified atom stereocenters. The molecule has 1 aromatic rings. The van der Waals surface area contributed by atoms with Crippen LogP contribution in [0.2, 0.25) is 0 Å². The molecule has 5 nitrogen and oxygen atoms in total. The molecule has 0 heterocycles. The number of benzene rings is 1. The largest absolute Gasteiger partial charge is 0.490 e. The van der Waals surface area contributed by atoms with Crippen LogP contribution >= 0.6 is 0 Å². The molecule has 5 heteroatoms. The fourth-order valence-corrected chi connectivity index (χ4v) is 2.72. The highest BCUT2D eigenvalue weighted by Gasteiger charge is 2.16. The quantitative estimate of drug-likeness (QED) is 0.668. The lowest BCUT2D eigenvalue weighted by Gasteiger charge is -2.15. The van der Waals surface area contributed by atoms with Crippen molar-refractivity contribution in [3.05, 3.63) is 29.8 Å². The van der Waals surface area contributed by atoms with Gasteiger partial charge < -0.3 is 19.5 Å². The molecule has 0 radical (unpaired) electrons. The van der Waals surface area contributed by atoms with Gasteiger partial charge in [-0.1, -0.05) is 12.1 Å². The van der Waals surface area contributed by atoms with E-state index in [9.17, 15) is 4.79 Å². The van der Waals surface area contributed by atoms with E-state index in [0.717, 1.165) is 24.2 Å². The van der Waals surface area contributed by atoms with Crippen LogP contribution in [0.1, 0.15) is 45.1 Å². The van der Waals surface area contributed by atoms with Gasteiger partial charge in [-0.05, 0) is 57.2 Å². The fourth-order valence-electron chi connectivity index (χ4n) is 2.72. The maximum absolute atomic E-state index is 12.0. The minimum atomic E-state index is -0.476. The molecule has 1 atom stereocenters. The Morgan fingerprint density at radius 3 is 2.58 bits per heavy atom. The second kappa shape index (κ2) is 10.3. The molecule has 24 heavy (non-hydrogen) atoms. The highest BCUT2D eigenvalue weighted by atomic mass is 16.5. The van der Waals surface area contributed by atoms with E-state index in [2.05, 4.69) is 5.32 Å². The molecular formula is C19H29NO4. The van der Waals surface area contributed by atoms with Crippen molar-refractivity contribution in [3.63, 3.8) is 0 Å². The summed E-state index contributed by atoms with van der Waals surface area (Å²) in [5.41, 5.74) is 1.05. The lowest BCUT2D eigenvalue weighted by atomic mass is 10.2. The van der Waals surface area contributed by atoms with Crippen molar-refractivity contribution in [2.45, 2.75) is 58.3 Å². The summed E-state index contributed by atoms with van der Waals surface area (Å²) in [6.45, 7) is 5.76. The van der Waals surface area contributed by atoms with Gasteiger partial charge in [-0.15, -0.1) is 0 Å². The van der Waals surface area contributed by atoms with Crippen LogP contribution in [0.3, 0.4) is 0 Å². The van der Waals surface area contributed by atoms with E-state index in [1.165, 1.54) is 12.8 Å². The van der Waals surface area contributed by atoms with Gasteiger partial charge in [0.1, 0.15) is 11.9 Å². The number of carbonyl (C=O) groups is 1. The number of ether oxygens (including phenoxy) is 3. The third kappa shape index (κ3) is 6.49. The first-order chi connectivity index (χ1) is 11.7. The first-order valence-corrected chi connectivity index (χ1v) is 8.91. The molecule has 2 rings (SSSR count). The van der Waals surface area contributed by atoms with Gasteiger partial charge in [0.2, 0.25) is 5.91 Å². The molecule has 1 amide bonds. The maximum atomic E-state index is 12.0. The van der Waals surface area contributed by atoms with Crippen LogP contribution in [0.4, 0.5) is 0 Å². The number of rotatable bonds is 10. The van der Waals surface area contributed by atoms with E-state index < -0.39 is 6.10 Å². The van der Waals surface area contributed by atoms with E-state index in [1.54, 1.807) is 6.92 Å². The van der Waals surface area contributed by atoms with Crippen molar-refractivity contribution < 1.29 is 19.0 Å². The Kier molecular flexibility index (Phi) is 8.05.